The minimum Gasteiger partial charge on any atom is -0.480 e. The average Bonchev–Trinajstić information content (AvgIpc) is 2.85. The third kappa shape index (κ3) is 3.79. The summed E-state index contributed by atoms with van der Waals surface area (Å²) in [7, 11) is 0. The Bertz CT molecular complexity index is 409. The van der Waals surface area contributed by atoms with Crippen molar-refractivity contribution in [2.24, 2.45) is 0 Å². The molecule has 1 aliphatic heterocycles. The number of rotatable bonds is 5. The van der Waals surface area contributed by atoms with E-state index < -0.39 is 11.6 Å². The van der Waals surface area contributed by atoms with E-state index in [9.17, 15) is 9.90 Å². The standard InChI is InChI=1S/C13H21N3O3/c1-13(19,11-2-3-14-8-11)10-16-6-4-15(5-7-16)9-12(17)18/h2-3,8,14,19H,4-7,9-10H2,1H3,(H,17,18). The quantitative estimate of drug-likeness (QED) is 0.695. The molecule has 106 valence electrons. The number of nitrogens with zero attached hydrogens (tertiary/aromatic N) is 2. The highest BCUT2D eigenvalue weighted by Crippen LogP contribution is 2.21. The molecule has 6 nitrogen and oxygen atoms in total. The number of aromatic amines is 1. The number of β-amino-alcohol motifs (C(OH)–C–C–N with tert-alkyl or cyclic N) is 1. The van der Waals surface area contributed by atoms with Crippen molar-refractivity contribution >= 4 is 5.97 Å². The molecule has 0 amide bonds. The van der Waals surface area contributed by atoms with Crippen LogP contribution in [-0.4, -0.2) is 70.2 Å². The van der Waals surface area contributed by atoms with Crippen molar-refractivity contribution in [3.8, 4) is 0 Å². The zero-order valence-electron chi connectivity index (χ0n) is 11.2. The summed E-state index contributed by atoms with van der Waals surface area (Å²) in [6, 6.07) is 1.88. The molecule has 0 aliphatic carbocycles. The lowest BCUT2D eigenvalue weighted by molar-refractivity contribution is -0.138. The van der Waals surface area contributed by atoms with E-state index in [0.717, 1.165) is 31.7 Å². The first-order valence-electron chi connectivity index (χ1n) is 6.49. The number of carboxylic acid groups (broad SMARTS) is 1. The van der Waals surface area contributed by atoms with Gasteiger partial charge in [0.15, 0.2) is 0 Å². The minimum absolute atomic E-state index is 0.0992. The first-order valence-corrected chi connectivity index (χ1v) is 6.49. The van der Waals surface area contributed by atoms with Crippen molar-refractivity contribution in [3.63, 3.8) is 0 Å². The molecule has 0 radical (unpaired) electrons. The topological polar surface area (TPSA) is 79.8 Å². The molecule has 1 atom stereocenters. The minimum atomic E-state index is -0.880. The van der Waals surface area contributed by atoms with Crippen molar-refractivity contribution in [3.05, 3.63) is 24.0 Å². The zero-order chi connectivity index (χ0) is 13.9. The van der Waals surface area contributed by atoms with Crippen LogP contribution < -0.4 is 0 Å². The first kappa shape index (κ1) is 14.0. The second-order valence-corrected chi connectivity index (χ2v) is 5.32. The van der Waals surface area contributed by atoms with Gasteiger partial charge in [-0.25, -0.2) is 0 Å². The summed E-state index contributed by atoms with van der Waals surface area (Å²) in [6.45, 7) is 5.50. The fourth-order valence-electron chi connectivity index (χ4n) is 2.48. The molecule has 19 heavy (non-hydrogen) atoms. The number of aromatic nitrogens is 1. The van der Waals surface area contributed by atoms with Crippen LogP contribution in [0.4, 0.5) is 0 Å². The van der Waals surface area contributed by atoms with Crippen molar-refractivity contribution < 1.29 is 15.0 Å². The number of aliphatic hydroxyl groups is 1. The summed E-state index contributed by atoms with van der Waals surface area (Å²) in [5.74, 6) is -0.784. The van der Waals surface area contributed by atoms with Crippen LogP contribution in [0.1, 0.15) is 12.5 Å². The Morgan fingerprint density at radius 3 is 2.53 bits per heavy atom. The number of piperazine rings is 1. The number of nitrogens with one attached hydrogen (secondary N) is 1. The van der Waals surface area contributed by atoms with Crippen molar-refractivity contribution in [2.45, 2.75) is 12.5 Å². The molecular formula is C13H21N3O3. The number of hydrogen-bond acceptors (Lipinski definition) is 4. The van der Waals surface area contributed by atoms with Crippen LogP contribution in [0, 0.1) is 0 Å². The Balaban J connectivity index is 1.84. The van der Waals surface area contributed by atoms with Crippen molar-refractivity contribution in [2.75, 3.05) is 39.3 Å². The van der Waals surface area contributed by atoms with Gasteiger partial charge in [-0.2, -0.15) is 0 Å². The molecule has 1 aromatic heterocycles. The third-order valence-electron chi connectivity index (χ3n) is 3.58. The van der Waals surface area contributed by atoms with E-state index in [1.54, 1.807) is 19.3 Å². The Morgan fingerprint density at radius 1 is 1.37 bits per heavy atom. The average molecular weight is 267 g/mol. The van der Waals surface area contributed by atoms with Crippen LogP contribution in [0.5, 0.6) is 0 Å². The molecule has 0 spiro atoms. The van der Waals surface area contributed by atoms with Gasteiger partial charge in [0.2, 0.25) is 0 Å². The molecule has 0 aromatic carbocycles. The molecular weight excluding hydrogens is 246 g/mol. The first-order chi connectivity index (χ1) is 8.97. The molecule has 1 fully saturated rings. The molecule has 0 saturated carbocycles. The molecule has 1 saturated heterocycles. The van der Waals surface area contributed by atoms with Gasteiger partial charge in [0.1, 0.15) is 5.60 Å². The Labute approximate surface area is 112 Å². The van der Waals surface area contributed by atoms with Gasteiger partial charge in [-0.05, 0) is 13.0 Å². The highest BCUT2D eigenvalue weighted by atomic mass is 16.4. The van der Waals surface area contributed by atoms with E-state index in [0.29, 0.717) is 6.54 Å². The van der Waals surface area contributed by atoms with Crippen LogP contribution in [0.25, 0.3) is 0 Å². The molecule has 3 N–H and O–H groups in total. The lowest BCUT2D eigenvalue weighted by Gasteiger charge is -2.37. The van der Waals surface area contributed by atoms with E-state index in [2.05, 4.69) is 9.88 Å². The largest absolute Gasteiger partial charge is 0.480 e. The van der Waals surface area contributed by atoms with E-state index in [-0.39, 0.29) is 6.54 Å². The summed E-state index contributed by atoms with van der Waals surface area (Å²) >= 11 is 0. The van der Waals surface area contributed by atoms with Crippen LogP contribution >= 0.6 is 0 Å². The Kier molecular flexibility index (Phi) is 4.24. The molecule has 6 heteroatoms. The van der Waals surface area contributed by atoms with Crippen LogP contribution in [0.15, 0.2) is 18.5 Å². The van der Waals surface area contributed by atoms with Crippen LogP contribution in [0.3, 0.4) is 0 Å². The number of aliphatic carboxylic acids is 1. The van der Waals surface area contributed by atoms with Gasteiger partial charge < -0.3 is 15.2 Å². The summed E-state index contributed by atoms with van der Waals surface area (Å²) in [5, 5.41) is 19.2. The second kappa shape index (κ2) is 5.73. The van der Waals surface area contributed by atoms with E-state index in [4.69, 9.17) is 5.11 Å². The summed E-state index contributed by atoms with van der Waals surface area (Å²) in [5.41, 5.74) is -0.00456. The Morgan fingerprint density at radius 2 is 2.00 bits per heavy atom. The van der Waals surface area contributed by atoms with Gasteiger partial charge in [-0.15, -0.1) is 0 Å². The summed E-state index contributed by atoms with van der Waals surface area (Å²) in [4.78, 5) is 17.7. The lowest BCUT2D eigenvalue weighted by Crippen LogP contribution is -2.51. The predicted octanol–water partition coefficient (Wildman–Crippen LogP) is -0.0756. The number of carbonyl (C=O) groups is 1. The molecule has 2 heterocycles. The molecule has 0 bridgehead atoms. The number of carboxylic acids is 1. The molecule has 1 unspecified atom stereocenters. The maximum atomic E-state index is 10.6. The monoisotopic (exact) mass is 267 g/mol. The number of H-pyrrole nitrogens is 1. The lowest BCUT2D eigenvalue weighted by atomic mass is 9.98. The van der Waals surface area contributed by atoms with E-state index in [1.807, 2.05) is 11.0 Å². The van der Waals surface area contributed by atoms with Gasteiger partial charge in [-0.1, -0.05) is 0 Å². The van der Waals surface area contributed by atoms with Gasteiger partial charge in [0.05, 0.1) is 6.54 Å². The Hall–Kier alpha value is -1.37. The van der Waals surface area contributed by atoms with Gasteiger partial charge in [-0.3, -0.25) is 14.6 Å². The number of hydrogen-bond donors (Lipinski definition) is 3. The van der Waals surface area contributed by atoms with Crippen molar-refractivity contribution in [1.29, 1.82) is 0 Å². The maximum absolute atomic E-state index is 10.6. The third-order valence-corrected chi connectivity index (χ3v) is 3.58. The summed E-state index contributed by atoms with van der Waals surface area (Å²) < 4.78 is 0. The van der Waals surface area contributed by atoms with Gasteiger partial charge >= 0.3 is 5.97 Å². The van der Waals surface area contributed by atoms with Crippen LogP contribution in [0.2, 0.25) is 0 Å². The highest BCUT2D eigenvalue weighted by molar-refractivity contribution is 5.69. The van der Waals surface area contributed by atoms with Crippen LogP contribution in [-0.2, 0) is 10.4 Å². The van der Waals surface area contributed by atoms with E-state index >= 15 is 0 Å². The predicted molar refractivity (Wildman–Crippen MR) is 70.9 cm³/mol. The van der Waals surface area contributed by atoms with Crippen molar-refractivity contribution in [1.82, 2.24) is 14.8 Å². The smallest absolute Gasteiger partial charge is 0.317 e. The maximum Gasteiger partial charge on any atom is 0.317 e. The molecule has 1 aliphatic rings. The van der Waals surface area contributed by atoms with Gasteiger partial charge in [0, 0.05) is 50.7 Å². The second-order valence-electron chi connectivity index (χ2n) is 5.32. The highest BCUT2D eigenvalue weighted by Gasteiger charge is 2.28. The SMILES string of the molecule is CC(O)(CN1CCN(CC(=O)O)CC1)c1cc[nH]c1. The summed E-state index contributed by atoms with van der Waals surface area (Å²) in [6.07, 6.45) is 3.61. The van der Waals surface area contributed by atoms with E-state index in [1.165, 1.54) is 0 Å². The van der Waals surface area contributed by atoms with Gasteiger partial charge in [0.25, 0.3) is 0 Å². The molecule has 2 rings (SSSR count). The normalized spacial score (nSPS) is 21.2. The fourth-order valence-corrected chi connectivity index (χ4v) is 2.48. The zero-order valence-corrected chi connectivity index (χ0v) is 11.2. The fraction of sp³-hybridized carbons (Fsp3) is 0.615. The molecule has 1 aromatic rings.